The molecule has 17 heavy (non-hydrogen) atoms. The molecule has 0 spiro atoms. The first-order chi connectivity index (χ1) is 7.79. The summed E-state index contributed by atoms with van der Waals surface area (Å²) in [5, 5.41) is 2.70. The van der Waals surface area contributed by atoms with Crippen LogP contribution in [0.4, 0.5) is 5.69 Å². The minimum atomic E-state index is -3.91. The number of anilines is 1. The van der Waals surface area contributed by atoms with Crippen LogP contribution in [0.25, 0.3) is 0 Å². The average Bonchev–Trinajstić information content (AvgIpc) is 2.18. The highest BCUT2D eigenvalue weighted by Gasteiger charge is 2.19. The van der Waals surface area contributed by atoms with E-state index < -0.39 is 20.4 Å². The summed E-state index contributed by atoms with van der Waals surface area (Å²) in [6, 6.07) is 6.49. The monoisotopic (exact) mass is 313 g/mol. The van der Waals surface area contributed by atoms with E-state index in [9.17, 15) is 9.00 Å². The van der Waals surface area contributed by atoms with Gasteiger partial charge in [0.2, 0.25) is 0 Å². The molecular weight excluding hydrogens is 306 g/mol. The Labute approximate surface area is 114 Å². The maximum atomic E-state index is 11.5. The predicted molar refractivity (Wildman–Crippen MR) is 72.1 cm³/mol. The summed E-state index contributed by atoms with van der Waals surface area (Å²) in [6.07, 6.45) is 0. The van der Waals surface area contributed by atoms with Crippen LogP contribution in [-0.4, -0.2) is 20.1 Å². The fourth-order valence-corrected chi connectivity index (χ4v) is 2.24. The van der Waals surface area contributed by atoms with Gasteiger partial charge < -0.3 is 5.32 Å². The van der Waals surface area contributed by atoms with Crippen molar-refractivity contribution in [2.24, 2.45) is 0 Å². The van der Waals surface area contributed by atoms with E-state index >= 15 is 0 Å². The van der Waals surface area contributed by atoms with Crippen molar-refractivity contribution in [3.8, 4) is 0 Å². The lowest BCUT2D eigenvalue weighted by molar-refractivity contribution is -0.119. The van der Waals surface area contributed by atoms with Gasteiger partial charge >= 0.3 is 0 Å². The summed E-state index contributed by atoms with van der Waals surface area (Å²) in [6.45, 7) is 0. The normalized spacial score (nSPS) is 15.9. The number of benzene rings is 1. The minimum Gasteiger partial charge on any atom is -0.322 e. The van der Waals surface area contributed by atoms with Crippen LogP contribution in [0.5, 0.6) is 0 Å². The van der Waals surface area contributed by atoms with Crippen molar-refractivity contribution >= 4 is 56.1 Å². The summed E-state index contributed by atoms with van der Waals surface area (Å²) >= 11 is 13.6. The van der Waals surface area contributed by atoms with Crippen LogP contribution < -0.4 is 5.32 Å². The number of thiol groups is 1. The molecule has 2 unspecified atom stereocenters. The van der Waals surface area contributed by atoms with Gasteiger partial charge in [0.15, 0.2) is 5.44 Å². The average molecular weight is 314 g/mol. The predicted octanol–water partition coefficient (Wildman–Crippen LogP) is 1.69. The summed E-state index contributed by atoms with van der Waals surface area (Å²) in [5.74, 6) is -0.743. The first-order valence-electron chi connectivity index (χ1n) is 4.19. The Morgan fingerprint density at radius 1 is 1.59 bits per heavy atom. The summed E-state index contributed by atoms with van der Waals surface area (Å²) in [7, 11) is -3.91. The molecule has 1 amide bonds. The summed E-state index contributed by atoms with van der Waals surface area (Å²) < 4.78 is 23.8. The maximum absolute atomic E-state index is 11.5. The van der Waals surface area contributed by atoms with Crippen LogP contribution in [-0.2, 0) is 29.2 Å². The Bertz CT molecular complexity index is 519. The molecule has 2 atom stereocenters. The Kier molecular flexibility index (Phi) is 5.17. The number of nitrogens with one attached hydrogen (secondary N) is 1. The van der Waals surface area contributed by atoms with E-state index in [0.717, 1.165) is 0 Å². The van der Waals surface area contributed by atoms with Gasteiger partial charge in [-0.1, -0.05) is 23.7 Å². The number of carbonyl (C=O) groups excluding carboxylic acids is 1. The van der Waals surface area contributed by atoms with E-state index in [1.165, 1.54) is 0 Å². The number of para-hydroxylation sites is 1. The van der Waals surface area contributed by atoms with Gasteiger partial charge in [-0.05, 0) is 12.1 Å². The van der Waals surface area contributed by atoms with E-state index in [-0.39, 0.29) is 0 Å². The van der Waals surface area contributed by atoms with Crippen LogP contribution in [0.2, 0.25) is 5.02 Å². The van der Waals surface area contributed by atoms with Gasteiger partial charge in [-0.25, -0.2) is 4.18 Å². The van der Waals surface area contributed by atoms with Gasteiger partial charge in [-0.2, -0.15) is 4.21 Å². The lowest BCUT2D eigenvalue weighted by Crippen LogP contribution is -2.27. The summed E-state index contributed by atoms with van der Waals surface area (Å²) in [4.78, 5) is 11.5. The molecular formula is C8H8ClNO4S3. The van der Waals surface area contributed by atoms with E-state index in [1.54, 1.807) is 24.3 Å². The number of rotatable bonds is 4. The molecule has 0 saturated carbocycles. The van der Waals surface area contributed by atoms with E-state index in [4.69, 9.17) is 16.2 Å². The molecule has 0 aliphatic carbocycles. The second-order valence-corrected chi connectivity index (χ2v) is 6.03. The smallest absolute Gasteiger partial charge is 0.268 e. The SMILES string of the molecule is O=C(Nc1ccccc1Cl)C(S)OS(=O)(O)=S. The van der Waals surface area contributed by atoms with Crippen molar-refractivity contribution in [2.75, 3.05) is 5.32 Å². The van der Waals surface area contributed by atoms with Crippen LogP contribution in [0, 0.1) is 0 Å². The maximum Gasteiger partial charge on any atom is 0.268 e. The number of hydrogen-bond acceptors (Lipinski definition) is 5. The quantitative estimate of drug-likeness (QED) is 0.582. The van der Waals surface area contributed by atoms with Crippen molar-refractivity contribution in [3.63, 3.8) is 0 Å². The van der Waals surface area contributed by atoms with Crippen LogP contribution in [0.3, 0.4) is 0 Å². The molecule has 0 fully saturated rings. The van der Waals surface area contributed by atoms with Crippen LogP contribution in [0.15, 0.2) is 24.3 Å². The lowest BCUT2D eigenvalue weighted by Gasteiger charge is -2.12. The van der Waals surface area contributed by atoms with Crippen LogP contribution >= 0.6 is 24.2 Å². The van der Waals surface area contributed by atoms with Crippen LogP contribution in [0.1, 0.15) is 0 Å². The number of amides is 1. The van der Waals surface area contributed by atoms with Crippen molar-refractivity contribution in [1.29, 1.82) is 0 Å². The molecule has 1 aromatic rings. The Morgan fingerprint density at radius 2 is 2.18 bits per heavy atom. The third-order valence-corrected chi connectivity index (χ3v) is 3.05. The third-order valence-electron chi connectivity index (χ3n) is 1.57. The van der Waals surface area contributed by atoms with E-state index in [1.807, 2.05) is 0 Å². The molecule has 0 heterocycles. The fourth-order valence-electron chi connectivity index (χ4n) is 0.916. The Hall–Kier alpha value is -0.380. The topological polar surface area (TPSA) is 75.6 Å². The second kappa shape index (κ2) is 5.98. The molecule has 0 aliphatic heterocycles. The highest BCUT2D eigenvalue weighted by Crippen LogP contribution is 2.21. The molecule has 0 aromatic heterocycles. The highest BCUT2D eigenvalue weighted by atomic mass is 35.5. The molecule has 94 valence electrons. The number of hydrogen-bond donors (Lipinski definition) is 3. The lowest BCUT2D eigenvalue weighted by atomic mass is 10.3. The summed E-state index contributed by atoms with van der Waals surface area (Å²) in [5.41, 5.74) is -1.11. The molecule has 0 radical (unpaired) electrons. The zero-order chi connectivity index (χ0) is 13.1. The molecule has 5 nitrogen and oxygen atoms in total. The number of carbonyl (C=O) groups is 1. The zero-order valence-corrected chi connectivity index (χ0v) is 11.5. The van der Waals surface area contributed by atoms with Crippen molar-refractivity contribution in [2.45, 2.75) is 5.44 Å². The van der Waals surface area contributed by atoms with Gasteiger partial charge in [0.1, 0.15) is 0 Å². The van der Waals surface area contributed by atoms with Gasteiger partial charge in [-0.3, -0.25) is 9.35 Å². The first kappa shape index (κ1) is 14.7. The second-order valence-electron chi connectivity index (χ2n) is 2.85. The van der Waals surface area contributed by atoms with Crippen molar-refractivity contribution in [3.05, 3.63) is 29.3 Å². The number of halogens is 1. The minimum absolute atomic E-state index is 0.324. The Balaban J connectivity index is 2.70. The fraction of sp³-hybridized carbons (Fsp3) is 0.125. The largest absolute Gasteiger partial charge is 0.322 e. The van der Waals surface area contributed by atoms with E-state index in [2.05, 4.69) is 33.3 Å². The standard InChI is InChI=1S/C8H8ClNO4S3/c9-5-3-1-2-4-6(5)10-7(11)8(15)14-17(12,13)16/h1-4,8,15H,(H,10,11)(H,12,13,16). The molecule has 9 heteroatoms. The van der Waals surface area contributed by atoms with Gasteiger partial charge in [-0.15, -0.1) is 12.6 Å². The molecule has 1 rings (SSSR count). The highest BCUT2D eigenvalue weighted by molar-refractivity contribution is 8.27. The molecule has 0 saturated heterocycles. The van der Waals surface area contributed by atoms with Gasteiger partial charge in [0.25, 0.3) is 15.0 Å². The van der Waals surface area contributed by atoms with E-state index in [0.29, 0.717) is 10.7 Å². The third kappa shape index (κ3) is 5.19. The van der Waals surface area contributed by atoms with Crippen molar-refractivity contribution < 1.29 is 17.7 Å². The van der Waals surface area contributed by atoms with Gasteiger partial charge in [0, 0.05) is 11.2 Å². The molecule has 1 aromatic carbocycles. The van der Waals surface area contributed by atoms with Crippen molar-refractivity contribution in [1.82, 2.24) is 0 Å². The molecule has 2 N–H and O–H groups in total. The Morgan fingerprint density at radius 3 is 2.71 bits per heavy atom. The first-order valence-corrected chi connectivity index (χ1v) is 7.45. The zero-order valence-electron chi connectivity index (χ0n) is 8.20. The molecule has 0 bridgehead atoms. The molecule has 0 aliphatic rings. The van der Waals surface area contributed by atoms with Gasteiger partial charge in [0.05, 0.1) is 10.7 Å².